The van der Waals surface area contributed by atoms with Crippen LogP contribution in [0.5, 0.6) is 5.75 Å². The molecule has 2 aromatic carbocycles. The Hall–Kier alpha value is -1.27. The van der Waals surface area contributed by atoms with Gasteiger partial charge >= 0.3 is 0 Å². The van der Waals surface area contributed by atoms with Crippen molar-refractivity contribution in [3.63, 3.8) is 0 Å². The first-order valence-electron chi connectivity index (χ1n) is 6.89. The van der Waals surface area contributed by atoms with Crippen LogP contribution in [0.15, 0.2) is 47.4 Å². The summed E-state index contributed by atoms with van der Waals surface area (Å²) >= 11 is 11.9. The van der Waals surface area contributed by atoms with Crippen molar-refractivity contribution < 1.29 is 13.2 Å². The number of para-hydroxylation sites is 1. The Morgan fingerprint density at radius 1 is 1.13 bits per heavy atom. The third kappa shape index (κ3) is 4.18. The molecule has 2 rings (SSSR count). The molecule has 0 aliphatic rings. The second-order valence-corrected chi connectivity index (χ2v) is 7.82. The van der Waals surface area contributed by atoms with Crippen LogP contribution in [0.4, 0.5) is 0 Å². The van der Waals surface area contributed by atoms with Crippen molar-refractivity contribution in [2.45, 2.75) is 11.3 Å². The summed E-state index contributed by atoms with van der Waals surface area (Å²) in [5.41, 5.74) is 0.939. The van der Waals surface area contributed by atoms with Crippen molar-refractivity contribution >= 4 is 33.2 Å². The largest absolute Gasteiger partial charge is 0.496 e. The Morgan fingerprint density at radius 3 is 2.52 bits per heavy atom. The molecule has 0 saturated heterocycles. The van der Waals surface area contributed by atoms with Crippen LogP contribution < -0.4 is 4.74 Å². The highest BCUT2D eigenvalue weighted by atomic mass is 35.5. The monoisotopic (exact) mass is 373 g/mol. The number of ether oxygens (including phenoxy) is 1. The predicted octanol–water partition coefficient (Wildman–Crippen LogP) is 3.87. The fraction of sp³-hybridized carbons (Fsp3) is 0.250. The van der Waals surface area contributed by atoms with Gasteiger partial charge in [0.2, 0.25) is 10.0 Å². The van der Waals surface area contributed by atoms with Crippen LogP contribution in [0.3, 0.4) is 0 Å². The van der Waals surface area contributed by atoms with E-state index in [1.807, 2.05) is 24.3 Å². The van der Waals surface area contributed by atoms with Crippen LogP contribution in [0.2, 0.25) is 10.0 Å². The van der Waals surface area contributed by atoms with Crippen molar-refractivity contribution in [1.82, 2.24) is 4.31 Å². The maximum absolute atomic E-state index is 12.6. The molecule has 4 nitrogen and oxygen atoms in total. The minimum Gasteiger partial charge on any atom is -0.496 e. The van der Waals surface area contributed by atoms with E-state index in [1.165, 1.54) is 23.5 Å². The molecule has 0 N–H and O–H groups in total. The van der Waals surface area contributed by atoms with E-state index >= 15 is 0 Å². The van der Waals surface area contributed by atoms with Crippen LogP contribution in [0, 0.1) is 0 Å². The first-order chi connectivity index (χ1) is 10.9. The molecule has 0 spiro atoms. The molecule has 0 fully saturated rings. The van der Waals surface area contributed by atoms with Crippen molar-refractivity contribution in [1.29, 1.82) is 0 Å². The maximum atomic E-state index is 12.6. The van der Waals surface area contributed by atoms with E-state index in [4.69, 9.17) is 27.9 Å². The lowest BCUT2D eigenvalue weighted by Gasteiger charge is -2.19. The molecule has 0 radical (unpaired) electrons. The summed E-state index contributed by atoms with van der Waals surface area (Å²) < 4.78 is 31.8. The number of sulfonamides is 1. The lowest BCUT2D eigenvalue weighted by molar-refractivity contribution is 0.406. The highest BCUT2D eigenvalue weighted by molar-refractivity contribution is 7.89. The van der Waals surface area contributed by atoms with Gasteiger partial charge in [0, 0.05) is 18.6 Å². The van der Waals surface area contributed by atoms with Crippen molar-refractivity contribution in [3.8, 4) is 5.75 Å². The third-order valence-corrected chi connectivity index (χ3v) is 6.04. The number of hydrogen-bond acceptors (Lipinski definition) is 3. The zero-order valence-corrected chi connectivity index (χ0v) is 15.1. The van der Waals surface area contributed by atoms with Gasteiger partial charge in [-0.3, -0.25) is 0 Å². The lowest BCUT2D eigenvalue weighted by atomic mass is 10.1. The lowest BCUT2D eigenvalue weighted by Crippen LogP contribution is -2.29. The first kappa shape index (κ1) is 18.1. The summed E-state index contributed by atoms with van der Waals surface area (Å²) in [4.78, 5) is 0.00851. The van der Waals surface area contributed by atoms with E-state index in [0.29, 0.717) is 18.0 Å². The number of likely N-dealkylation sites (N-methyl/N-ethyl adjacent to an activating group) is 1. The molecular formula is C16H17Cl2NO3S. The van der Waals surface area contributed by atoms with Gasteiger partial charge in [0.25, 0.3) is 0 Å². The molecule has 0 aromatic heterocycles. The van der Waals surface area contributed by atoms with Crippen molar-refractivity contribution in [3.05, 3.63) is 58.1 Å². The number of methoxy groups -OCH3 is 1. The number of halogens is 2. The maximum Gasteiger partial charge on any atom is 0.244 e. The Labute approximate surface area is 146 Å². The highest BCUT2D eigenvalue weighted by Crippen LogP contribution is 2.27. The molecule has 0 amide bonds. The molecule has 2 aromatic rings. The Kier molecular flexibility index (Phi) is 5.92. The van der Waals surface area contributed by atoms with E-state index in [0.717, 1.165) is 11.3 Å². The van der Waals surface area contributed by atoms with E-state index in [1.54, 1.807) is 13.2 Å². The van der Waals surface area contributed by atoms with Gasteiger partial charge in [-0.2, -0.15) is 0 Å². The molecule has 0 atom stereocenters. The van der Waals surface area contributed by atoms with Crippen molar-refractivity contribution in [2.24, 2.45) is 0 Å². The summed E-state index contributed by atoms with van der Waals surface area (Å²) in [6.45, 7) is 0.297. The Balaban J connectivity index is 2.19. The summed E-state index contributed by atoms with van der Waals surface area (Å²) in [5, 5.41) is 0.477. The second kappa shape index (κ2) is 7.53. The second-order valence-electron chi connectivity index (χ2n) is 4.96. The summed E-state index contributed by atoms with van der Waals surface area (Å²) in [5.74, 6) is 0.735. The quantitative estimate of drug-likeness (QED) is 0.771. The predicted molar refractivity (Wildman–Crippen MR) is 93.0 cm³/mol. The standard InChI is InChI=1S/C16H17Cl2NO3S/c1-19(10-9-12-5-3-4-6-15(12)22-2)23(20,21)16-11-13(17)7-8-14(16)18/h3-8,11H,9-10H2,1-2H3. The van der Waals surface area contributed by atoms with E-state index in [-0.39, 0.29) is 9.92 Å². The smallest absolute Gasteiger partial charge is 0.244 e. The van der Waals surface area contributed by atoms with Gasteiger partial charge in [-0.1, -0.05) is 41.4 Å². The first-order valence-corrected chi connectivity index (χ1v) is 9.09. The van der Waals surface area contributed by atoms with Crippen LogP contribution in [-0.2, 0) is 16.4 Å². The van der Waals surface area contributed by atoms with Gasteiger partial charge in [0.15, 0.2) is 0 Å². The van der Waals surface area contributed by atoms with E-state index in [2.05, 4.69) is 0 Å². The minimum atomic E-state index is -3.71. The topological polar surface area (TPSA) is 46.6 Å². The van der Waals surface area contributed by atoms with E-state index in [9.17, 15) is 8.42 Å². The average molecular weight is 374 g/mol. The summed E-state index contributed by atoms with van der Waals surface area (Å²) in [6.07, 6.45) is 0.526. The fourth-order valence-electron chi connectivity index (χ4n) is 2.15. The highest BCUT2D eigenvalue weighted by Gasteiger charge is 2.24. The SMILES string of the molecule is COc1ccccc1CCN(C)S(=O)(=O)c1cc(Cl)ccc1Cl. The van der Waals surface area contributed by atoms with Crippen LogP contribution in [0.1, 0.15) is 5.56 Å². The fourth-order valence-corrected chi connectivity index (χ4v) is 4.05. The average Bonchev–Trinajstić information content (AvgIpc) is 2.54. The van der Waals surface area contributed by atoms with Gasteiger partial charge in [0.05, 0.1) is 12.1 Å². The molecule has 0 saturated carbocycles. The van der Waals surface area contributed by atoms with E-state index < -0.39 is 10.0 Å². The number of nitrogens with zero attached hydrogens (tertiary/aromatic N) is 1. The molecule has 0 unspecified atom stereocenters. The minimum absolute atomic E-state index is 0.00851. The van der Waals surface area contributed by atoms with Crippen LogP contribution in [-0.4, -0.2) is 33.4 Å². The summed E-state index contributed by atoms with van der Waals surface area (Å²) in [7, 11) is -0.602. The van der Waals surface area contributed by atoms with Gasteiger partial charge in [-0.15, -0.1) is 0 Å². The third-order valence-electron chi connectivity index (χ3n) is 3.47. The van der Waals surface area contributed by atoms with Gasteiger partial charge < -0.3 is 4.74 Å². The van der Waals surface area contributed by atoms with Gasteiger partial charge in [0.1, 0.15) is 10.6 Å². The molecule has 124 valence electrons. The molecule has 0 heterocycles. The normalized spacial score (nSPS) is 11.7. The molecule has 0 bridgehead atoms. The van der Waals surface area contributed by atoms with Crippen LogP contribution in [0.25, 0.3) is 0 Å². The Bertz CT molecular complexity index is 794. The molecule has 23 heavy (non-hydrogen) atoms. The van der Waals surface area contributed by atoms with Gasteiger partial charge in [-0.05, 0) is 36.2 Å². The zero-order chi connectivity index (χ0) is 17.0. The number of benzene rings is 2. The number of hydrogen-bond donors (Lipinski definition) is 0. The molecule has 0 aliphatic heterocycles. The molecule has 7 heteroatoms. The van der Waals surface area contributed by atoms with Crippen molar-refractivity contribution in [2.75, 3.05) is 20.7 Å². The Morgan fingerprint density at radius 2 is 1.83 bits per heavy atom. The van der Waals surface area contributed by atoms with Crippen LogP contribution >= 0.6 is 23.2 Å². The molecular weight excluding hydrogens is 357 g/mol. The molecule has 0 aliphatic carbocycles. The zero-order valence-electron chi connectivity index (χ0n) is 12.8. The van der Waals surface area contributed by atoms with Gasteiger partial charge in [-0.25, -0.2) is 12.7 Å². The number of rotatable bonds is 6. The summed E-state index contributed by atoms with van der Waals surface area (Å²) in [6, 6.07) is 11.9.